The van der Waals surface area contributed by atoms with Crippen LogP contribution in [-0.4, -0.2) is 51.9 Å². The molecule has 0 atom stereocenters. The standard InChI is InChI=1S/C23H26FN3O4S/c1-27-14-2-3-21(27)26-32(29,30)20-10-8-19(9-11-20)25-22(28)23(12-15-31-16-13-23)17-4-6-18(24)7-5-17/h4-11H,2-3,12-16H2,1H3,(H,25,28)/b26-21+. The first-order chi connectivity index (χ1) is 15.3. The van der Waals surface area contributed by atoms with Crippen molar-refractivity contribution in [3.8, 4) is 0 Å². The van der Waals surface area contributed by atoms with Crippen molar-refractivity contribution in [2.24, 2.45) is 4.40 Å². The van der Waals surface area contributed by atoms with E-state index in [0.29, 0.717) is 44.0 Å². The minimum Gasteiger partial charge on any atom is -0.381 e. The molecule has 170 valence electrons. The van der Waals surface area contributed by atoms with Gasteiger partial charge in [0.2, 0.25) is 5.91 Å². The van der Waals surface area contributed by atoms with Gasteiger partial charge in [-0.25, -0.2) is 4.39 Å². The van der Waals surface area contributed by atoms with E-state index in [4.69, 9.17) is 4.74 Å². The van der Waals surface area contributed by atoms with Crippen LogP contribution in [-0.2, 0) is 25.0 Å². The summed E-state index contributed by atoms with van der Waals surface area (Å²) in [6.45, 7) is 1.65. The number of ether oxygens (including phenoxy) is 1. The van der Waals surface area contributed by atoms with Gasteiger partial charge in [-0.15, -0.1) is 4.40 Å². The van der Waals surface area contributed by atoms with E-state index in [1.54, 1.807) is 24.3 Å². The fourth-order valence-electron chi connectivity index (χ4n) is 4.20. The van der Waals surface area contributed by atoms with Gasteiger partial charge in [-0.2, -0.15) is 8.42 Å². The Morgan fingerprint density at radius 2 is 1.75 bits per heavy atom. The summed E-state index contributed by atoms with van der Waals surface area (Å²) < 4.78 is 48.1. The van der Waals surface area contributed by atoms with Gasteiger partial charge in [0.15, 0.2) is 0 Å². The van der Waals surface area contributed by atoms with E-state index in [2.05, 4.69) is 9.71 Å². The number of benzene rings is 2. The Hall–Kier alpha value is -2.78. The fraction of sp³-hybridized carbons (Fsp3) is 0.391. The molecule has 1 N–H and O–H groups in total. The van der Waals surface area contributed by atoms with Crippen molar-refractivity contribution in [3.63, 3.8) is 0 Å². The average molecular weight is 460 g/mol. The molecule has 2 saturated heterocycles. The van der Waals surface area contributed by atoms with Crippen LogP contribution in [0.4, 0.5) is 10.1 Å². The minimum atomic E-state index is -3.82. The molecule has 2 aliphatic heterocycles. The molecule has 2 aliphatic rings. The van der Waals surface area contributed by atoms with Crippen LogP contribution in [0, 0.1) is 5.82 Å². The van der Waals surface area contributed by atoms with E-state index >= 15 is 0 Å². The van der Waals surface area contributed by atoms with Crippen molar-refractivity contribution in [2.45, 2.75) is 36.0 Å². The Morgan fingerprint density at radius 1 is 1.09 bits per heavy atom. The Labute approximate surface area is 187 Å². The van der Waals surface area contributed by atoms with Gasteiger partial charge in [0, 0.05) is 38.9 Å². The number of halogens is 1. The molecule has 0 radical (unpaired) electrons. The van der Waals surface area contributed by atoms with Crippen LogP contribution in [0.25, 0.3) is 0 Å². The summed E-state index contributed by atoms with van der Waals surface area (Å²) in [6, 6.07) is 12.0. The maximum atomic E-state index is 13.4. The lowest BCUT2D eigenvalue weighted by atomic mass is 9.73. The molecule has 1 amide bonds. The first-order valence-corrected chi connectivity index (χ1v) is 12.0. The minimum absolute atomic E-state index is 0.0719. The maximum Gasteiger partial charge on any atom is 0.283 e. The Morgan fingerprint density at radius 3 is 2.34 bits per heavy atom. The number of carbonyl (C=O) groups excluding carboxylic acids is 1. The van der Waals surface area contributed by atoms with Gasteiger partial charge in [-0.1, -0.05) is 12.1 Å². The van der Waals surface area contributed by atoms with Gasteiger partial charge in [-0.05, 0) is 61.2 Å². The number of anilines is 1. The highest BCUT2D eigenvalue weighted by Gasteiger charge is 2.41. The van der Waals surface area contributed by atoms with Crippen molar-refractivity contribution in [1.82, 2.24) is 4.90 Å². The van der Waals surface area contributed by atoms with Crippen molar-refractivity contribution < 1.29 is 22.3 Å². The van der Waals surface area contributed by atoms with Crippen LogP contribution < -0.4 is 5.32 Å². The number of hydrogen-bond acceptors (Lipinski definition) is 4. The lowest BCUT2D eigenvalue weighted by Gasteiger charge is -2.36. The summed E-state index contributed by atoms with van der Waals surface area (Å²) in [5, 5.41) is 2.90. The highest BCUT2D eigenvalue weighted by atomic mass is 32.2. The fourth-order valence-corrected chi connectivity index (χ4v) is 5.29. The third-order valence-electron chi connectivity index (χ3n) is 6.15. The number of likely N-dealkylation sites (tertiary alicyclic amines) is 1. The molecule has 0 spiro atoms. The van der Waals surface area contributed by atoms with Crippen molar-refractivity contribution in [3.05, 3.63) is 59.9 Å². The number of amidine groups is 1. The lowest BCUT2D eigenvalue weighted by molar-refractivity contribution is -0.125. The first kappa shape index (κ1) is 22.4. The van der Waals surface area contributed by atoms with Crippen molar-refractivity contribution in [2.75, 3.05) is 32.1 Å². The monoisotopic (exact) mass is 459 g/mol. The first-order valence-electron chi connectivity index (χ1n) is 10.6. The van der Waals surface area contributed by atoms with E-state index in [-0.39, 0.29) is 16.6 Å². The molecular weight excluding hydrogens is 433 g/mol. The Kier molecular flexibility index (Phi) is 6.30. The lowest BCUT2D eigenvalue weighted by Crippen LogP contribution is -2.44. The molecule has 0 aliphatic carbocycles. The molecule has 2 fully saturated rings. The van der Waals surface area contributed by atoms with Crippen LogP contribution in [0.1, 0.15) is 31.2 Å². The Bertz CT molecular complexity index is 1110. The molecule has 2 aromatic rings. The molecule has 9 heteroatoms. The predicted octanol–water partition coefficient (Wildman–Crippen LogP) is 3.33. The quantitative estimate of drug-likeness (QED) is 0.741. The molecule has 7 nitrogen and oxygen atoms in total. The van der Waals surface area contributed by atoms with Gasteiger partial charge < -0.3 is 15.0 Å². The summed E-state index contributed by atoms with van der Waals surface area (Å²) >= 11 is 0. The summed E-state index contributed by atoms with van der Waals surface area (Å²) in [7, 11) is -1.99. The predicted molar refractivity (Wildman–Crippen MR) is 120 cm³/mol. The third kappa shape index (κ3) is 4.54. The second-order valence-corrected chi connectivity index (χ2v) is 9.79. The highest BCUT2D eigenvalue weighted by Crippen LogP contribution is 2.36. The van der Waals surface area contributed by atoms with Gasteiger partial charge >= 0.3 is 0 Å². The number of amides is 1. The van der Waals surface area contributed by atoms with Crippen molar-refractivity contribution >= 4 is 27.5 Å². The van der Waals surface area contributed by atoms with E-state index in [1.807, 2.05) is 11.9 Å². The van der Waals surface area contributed by atoms with Gasteiger partial charge in [0.25, 0.3) is 10.0 Å². The molecule has 2 heterocycles. The number of sulfonamides is 1. The van der Waals surface area contributed by atoms with E-state index in [1.165, 1.54) is 24.3 Å². The van der Waals surface area contributed by atoms with E-state index in [9.17, 15) is 17.6 Å². The maximum absolute atomic E-state index is 13.4. The zero-order chi connectivity index (χ0) is 22.8. The second kappa shape index (κ2) is 8.99. The van der Waals surface area contributed by atoms with E-state index < -0.39 is 15.4 Å². The molecule has 4 rings (SSSR count). The molecule has 0 aromatic heterocycles. The zero-order valence-electron chi connectivity index (χ0n) is 17.9. The van der Waals surface area contributed by atoms with Crippen LogP contribution in [0.2, 0.25) is 0 Å². The molecule has 0 unspecified atom stereocenters. The second-order valence-electron chi connectivity index (χ2n) is 8.19. The number of carbonyl (C=O) groups is 1. The summed E-state index contributed by atoms with van der Waals surface area (Å²) in [5.74, 6) is -0.0282. The van der Waals surface area contributed by atoms with Gasteiger partial charge in [-0.3, -0.25) is 4.79 Å². The van der Waals surface area contributed by atoms with Crippen LogP contribution in [0.3, 0.4) is 0 Å². The molecule has 2 aromatic carbocycles. The van der Waals surface area contributed by atoms with E-state index in [0.717, 1.165) is 18.5 Å². The van der Waals surface area contributed by atoms with Crippen LogP contribution in [0.5, 0.6) is 0 Å². The molecular formula is C23H26FN3O4S. The van der Waals surface area contributed by atoms with Crippen molar-refractivity contribution in [1.29, 1.82) is 0 Å². The summed E-state index contributed by atoms with van der Waals surface area (Å²) in [5.41, 5.74) is 0.374. The molecule has 32 heavy (non-hydrogen) atoms. The zero-order valence-corrected chi connectivity index (χ0v) is 18.7. The highest BCUT2D eigenvalue weighted by molar-refractivity contribution is 7.90. The number of hydrogen-bond donors (Lipinski definition) is 1. The normalized spacial score (nSPS) is 19.8. The number of rotatable bonds is 5. The van der Waals surface area contributed by atoms with Crippen LogP contribution in [0.15, 0.2) is 57.8 Å². The largest absolute Gasteiger partial charge is 0.381 e. The van der Waals surface area contributed by atoms with Gasteiger partial charge in [0.1, 0.15) is 11.7 Å². The number of nitrogens with zero attached hydrogens (tertiary/aromatic N) is 2. The van der Waals surface area contributed by atoms with Crippen LogP contribution >= 0.6 is 0 Å². The average Bonchev–Trinajstić information content (AvgIpc) is 3.18. The summed E-state index contributed by atoms with van der Waals surface area (Å²) in [6.07, 6.45) is 2.47. The smallest absolute Gasteiger partial charge is 0.283 e. The molecule has 0 bridgehead atoms. The Balaban J connectivity index is 1.54. The summed E-state index contributed by atoms with van der Waals surface area (Å²) in [4.78, 5) is 15.2. The number of nitrogens with one attached hydrogen (secondary N) is 1. The molecule has 0 saturated carbocycles. The topological polar surface area (TPSA) is 88.1 Å². The van der Waals surface area contributed by atoms with Gasteiger partial charge in [0.05, 0.1) is 10.3 Å². The third-order valence-corrected chi connectivity index (χ3v) is 7.47. The SMILES string of the molecule is CN1CCC/C1=N\S(=O)(=O)c1ccc(NC(=O)C2(c3ccc(F)cc3)CCOCC2)cc1.